The summed E-state index contributed by atoms with van der Waals surface area (Å²) >= 11 is 0. The lowest BCUT2D eigenvalue weighted by atomic mass is 9.88. The number of H-pyrrole nitrogens is 1. The number of aromatic amines is 1. The first-order valence-electron chi connectivity index (χ1n) is 27.8. The molecule has 0 unspecified atom stereocenters. The van der Waals surface area contributed by atoms with Gasteiger partial charge in [0.15, 0.2) is 5.75 Å². The molecule has 1 saturated carbocycles. The van der Waals surface area contributed by atoms with Crippen LogP contribution in [0.2, 0.25) is 0 Å². The molecular weight excluding hydrogens is 1030 g/mol. The molecule has 0 radical (unpaired) electrons. The smallest absolute Gasteiger partial charge is 0.319 e. The molecule has 4 aliphatic rings. The lowest BCUT2D eigenvalue weighted by Crippen LogP contribution is -2.50. The van der Waals surface area contributed by atoms with Crippen molar-refractivity contribution in [3.63, 3.8) is 0 Å². The molecule has 5 N–H and O–H groups in total. The number of aliphatic hydroxyl groups excluding tert-OH is 2. The van der Waals surface area contributed by atoms with Gasteiger partial charge in [0.25, 0.3) is 0 Å². The number of hydrogen-bond acceptors (Lipinski definition) is 16. The van der Waals surface area contributed by atoms with Gasteiger partial charge in [-0.25, -0.2) is 9.07 Å². The van der Waals surface area contributed by atoms with Crippen LogP contribution in [0.25, 0.3) is 55.4 Å². The number of carbonyl (C=O) groups is 2. The number of aryl methyl sites for hydroxylation is 1. The summed E-state index contributed by atoms with van der Waals surface area (Å²) in [7, 11) is 1.63. The first-order valence-corrected chi connectivity index (χ1v) is 27.8. The Morgan fingerprint density at radius 1 is 0.926 bits per heavy atom. The van der Waals surface area contributed by atoms with E-state index < -0.39 is 30.1 Å². The molecule has 3 saturated heterocycles. The molecule has 7 heterocycles. The Morgan fingerprint density at radius 2 is 1.70 bits per heavy atom. The highest BCUT2D eigenvalue weighted by atomic mass is 19.1. The van der Waals surface area contributed by atoms with Crippen molar-refractivity contribution in [2.24, 2.45) is 5.92 Å². The molecule has 20 nitrogen and oxygen atoms in total. The molecule has 1 aliphatic carbocycles. The van der Waals surface area contributed by atoms with E-state index in [2.05, 4.69) is 52.1 Å². The molecule has 8 aromatic rings. The molecule has 4 aromatic carbocycles. The van der Waals surface area contributed by atoms with Crippen LogP contribution in [-0.2, 0) is 20.9 Å². The normalized spacial score (nSPS) is 19.9. The van der Waals surface area contributed by atoms with Crippen molar-refractivity contribution < 1.29 is 38.4 Å². The van der Waals surface area contributed by atoms with Crippen molar-refractivity contribution in [3.05, 3.63) is 119 Å². The molecule has 81 heavy (non-hydrogen) atoms. The van der Waals surface area contributed by atoms with Crippen LogP contribution in [0.5, 0.6) is 11.8 Å². The van der Waals surface area contributed by atoms with E-state index >= 15 is 4.39 Å². The van der Waals surface area contributed by atoms with Crippen molar-refractivity contribution in [1.29, 1.82) is 0 Å². The molecule has 7 atom stereocenters. The van der Waals surface area contributed by atoms with E-state index in [1.54, 1.807) is 38.8 Å². The number of benzene rings is 4. The number of fused-ring (bicyclic) bond motifs is 4. The molecule has 4 aromatic heterocycles. The number of hydrogen-bond donors (Lipinski definition) is 5. The van der Waals surface area contributed by atoms with Gasteiger partial charge in [-0.15, -0.1) is 5.10 Å². The number of aliphatic hydroxyl groups is 2. The van der Waals surface area contributed by atoms with Crippen LogP contribution in [0, 0.1) is 25.6 Å². The van der Waals surface area contributed by atoms with Crippen molar-refractivity contribution in [2.45, 2.75) is 115 Å². The number of nitrogens with one attached hydrogen (secondary N) is 3. The predicted molar refractivity (Wildman–Crippen MR) is 301 cm³/mol. The fourth-order valence-corrected chi connectivity index (χ4v) is 11.9. The van der Waals surface area contributed by atoms with E-state index in [0.29, 0.717) is 45.2 Å². The molecule has 2 bridgehead atoms. The maximum atomic E-state index is 16.1. The summed E-state index contributed by atoms with van der Waals surface area (Å²) in [5.41, 5.74) is 9.19. The van der Waals surface area contributed by atoms with E-state index in [-0.39, 0.29) is 74.5 Å². The fourth-order valence-electron chi connectivity index (χ4n) is 11.9. The molecule has 3 aliphatic heterocycles. The number of halogens is 1. The van der Waals surface area contributed by atoms with E-state index in [9.17, 15) is 19.8 Å². The summed E-state index contributed by atoms with van der Waals surface area (Å²) in [4.78, 5) is 51.4. The van der Waals surface area contributed by atoms with Crippen LogP contribution in [0.1, 0.15) is 92.4 Å². The standard InChI is InChI=1S/C60H66FN13O7/c1-31(2)55(59(78)73-26-42(76)20-50(73)58(77)66-49(28-75)38-13-15-39(16-14-38)53-34(5)62-17-18-63-53)74-27-48(70-71-74)37-9-7-35(8-10-37)30-80-56-52(51-33(4)46(61)22-47-45(51)24-65-69-47)43(36-11-12-36)21-44-54(56)67-60(81-29-32(3)79-6)68-57(44)72-25-40-19-41(72)23-64-40/h7-10,13-18,21-22,24,27,31-32,36,40-42,49-50,55,64,75-76H,11-12,19-20,23,25-26,28-30H2,1-6H3,(H,65,69)(H,66,77)/t32-,40-,41-,42+,49-,50-,55-/m0/s1. The quantitative estimate of drug-likeness (QED) is 0.0543. The molecule has 2 amide bonds. The van der Waals surface area contributed by atoms with Gasteiger partial charge in [0.1, 0.15) is 48.1 Å². The zero-order valence-electron chi connectivity index (χ0n) is 46.1. The highest BCUT2D eigenvalue weighted by Gasteiger charge is 2.44. The molecule has 0 spiro atoms. The van der Waals surface area contributed by atoms with E-state index in [1.165, 1.54) is 15.6 Å². The van der Waals surface area contributed by atoms with Crippen molar-refractivity contribution in [3.8, 4) is 45.4 Å². The monoisotopic (exact) mass is 1100 g/mol. The minimum absolute atomic E-state index is 0.0298. The Morgan fingerprint density at radius 3 is 2.41 bits per heavy atom. The third kappa shape index (κ3) is 10.4. The van der Waals surface area contributed by atoms with E-state index in [1.807, 2.05) is 76.2 Å². The van der Waals surface area contributed by atoms with Gasteiger partial charge in [-0.05, 0) is 86.3 Å². The number of rotatable bonds is 19. The average Bonchev–Trinajstić information content (AvgIpc) is 4.07. The topological polar surface area (TPSA) is 244 Å². The maximum absolute atomic E-state index is 16.1. The third-order valence-electron chi connectivity index (χ3n) is 16.5. The number of β-amino-alcohol motifs (C(OH)–C–C–N with tert-alkyl or cyclic N) is 1. The van der Waals surface area contributed by atoms with Gasteiger partial charge >= 0.3 is 6.01 Å². The van der Waals surface area contributed by atoms with Crippen LogP contribution in [0.15, 0.2) is 85.5 Å². The largest absolute Gasteiger partial charge is 0.486 e. The summed E-state index contributed by atoms with van der Waals surface area (Å²) < 4.78 is 36.6. The molecule has 420 valence electrons. The highest BCUT2D eigenvalue weighted by molar-refractivity contribution is 6.06. The Labute approximate surface area is 467 Å². The Kier molecular flexibility index (Phi) is 14.7. The predicted octanol–water partition coefficient (Wildman–Crippen LogP) is 7.07. The number of ether oxygens (including phenoxy) is 3. The second-order valence-corrected chi connectivity index (χ2v) is 22.4. The number of piperazine rings is 1. The first-order chi connectivity index (χ1) is 39.2. The zero-order chi connectivity index (χ0) is 56.2. The van der Waals surface area contributed by atoms with Crippen LogP contribution in [0.4, 0.5) is 10.2 Å². The first kappa shape index (κ1) is 53.7. The molecule has 21 heteroatoms. The Hall–Kier alpha value is -7.98. The lowest BCUT2D eigenvalue weighted by molar-refractivity contribution is -0.142. The van der Waals surface area contributed by atoms with Crippen molar-refractivity contribution >= 4 is 39.4 Å². The number of aromatic nitrogens is 9. The number of nitrogens with zero attached hydrogens (tertiary/aromatic N) is 10. The van der Waals surface area contributed by atoms with E-state index in [0.717, 1.165) is 88.1 Å². The van der Waals surface area contributed by atoms with Gasteiger partial charge in [0, 0.05) is 90.7 Å². The van der Waals surface area contributed by atoms with Gasteiger partial charge in [-0.3, -0.25) is 24.7 Å². The number of likely N-dealkylation sites (tertiary alicyclic amines) is 1. The van der Waals surface area contributed by atoms with Crippen LogP contribution in [-0.4, -0.2) is 142 Å². The summed E-state index contributed by atoms with van der Waals surface area (Å²) in [6.07, 6.45) is 8.53. The summed E-state index contributed by atoms with van der Waals surface area (Å²) in [6, 6.07) is 16.9. The summed E-state index contributed by atoms with van der Waals surface area (Å²) in [6.45, 7) is 10.9. The maximum Gasteiger partial charge on any atom is 0.319 e. The summed E-state index contributed by atoms with van der Waals surface area (Å²) in [5.74, 6) is -0.0447. The Bertz CT molecular complexity index is 3650. The number of carbonyl (C=O) groups excluding carboxylic acids is 2. The number of methoxy groups -OCH3 is 1. The fraction of sp³-hybridized carbons (Fsp3) is 0.417. The highest BCUT2D eigenvalue weighted by Crippen LogP contribution is 2.53. The molecular formula is C60H66FN13O7. The van der Waals surface area contributed by atoms with Crippen LogP contribution < -0.4 is 25.0 Å². The minimum atomic E-state index is -0.996. The van der Waals surface area contributed by atoms with Gasteiger partial charge in [-0.1, -0.05) is 67.6 Å². The van der Waals surface area contributed by atoms with Gasteiger partial charge < -0.3 is 44.9 Å². The summed E-state index contributed by atoms with van der Waals surface area (Å²) in [5, 5.41) is 45.8. The number of anilines is 1. The third-order valence-corrected chi connectivity index (χ3v) is 16.5. The van der Waals surface area contributed by atoms with Crippen molar-refractivity contribution in [1.82, 2.24) is 60.7 Å². The second-order valence-electron chi connectivity index (χ2n) is 22.4. The van der Waals surface area contributed by atoms with Gasteiger partial charge in [-0.2, -0.15) is 15.1 Å². The lowest BCUT2D eigenvalue weighted by Gasteiger charge is -2.30. The Balaban J connectivity index is 0.820. The van der Waals surface area contributed by atoms with Gasteiger partial charge in [0.2, 0.25) is 11.8 Å². The zero-order valence-corrected chi connectivity index (χ0v) is 46.1. The van der Waals surface area contributed by atoms with Crippen molar-refractivity contribution in [2.75, 3.05) is 44.9 Å². The molecule has 12 rings (SSSR count). The van der Waals surface area contributed by atoms with Gasteiger partial charge in [0.05, 0.1) is 54.2 Å². The minimum Gasteiger partial charge on any atom is -0.486 e. The van der Waals surface area contributed by atoms with Crippen LogP contribution in [0.3, 0.4) is 0 Å². The van der Waals surface area contributed by atoms with Crippen LogP contribution >= 0.6 is 0 Å². The SMILES string of the molecule is CO[C@@H](C)COc1nc(N2C[C@@H]3C[C@H]2CN3)c2cc(C3CC3)c(-c3c(C)c(F)cc4[nH]ncc34)c(OCc3ccc(-c4cn([C@H](C(=O)N5C[C@H](O)C[C@H]5C(=O)N[C@@H](CO)c5ccc(-c6nccnc6C)cc5)C(C)C)nn4)cc3)c2n1. The number of amides is 2. The molecule has 4 fully saturated rings. The van der Waals surface area contributed by atoms with E-state index in [4.69, 9.17) is 24.2 Å². The second kappa shape index (κ2) is 22.2. The average molecular weight is 1100 g/mol.